The van der Waals surface area contributed by atoms with Crippen LogP contribution >= 0.6 is 12.4 Å². The minimum atomic E-state index is -0.0635. The number of halogens is 1. The van der Waals surface area contributed by atoms with Crippen molar-refractivity contribution < 1.29 is 4.84 Å². The molecule has 2 aromatic rings. The number of benzene rings is 1. The summed E-state index contributed by atoms with van der Waals surface area (Å²) in [5, 5.41) is 5.42. The minimum absolute atomic E-state index is 0. The molecule has 6 nitrogen and oxygen atoms in total. The number of rotatable bonds is 1. The standard InChI is InChI=1S/C17H21N5O.ClH/c1-21-15-8-14(3-2-12(15)10-18-21)19-16-9-17(23-20-16)11-22-6-4-13(17)5-7-22;/h2-3,8,10,13H,4-7,9,11H2,1H3,(H,19,20);1H/t17-;/m0./s1. The average molecular weight is 348 g/mol. The maximum absolute atomic E-state index is 6.06. The third-order valence-electron chi connectivity index (χ3n) is 5.66. The Balaban J connectivity index is 0.00000146. The summed E-state index contributed by atoms with van der Waals surface area (Å²) in [6.07, 6.45) is 5.26. The molecule has 7 heteroatoms. The van der Waals surface area contributed by atoms with Crippen LogP contribution in [0, 0.1) is 5.92 Å². The number of amidine groups is 1. The van der Waals surface area contributed by atoms with Gasteiger partial charge in [-0.15, -0.1) is 12.4 Å². The summed E-state index contributed by atoms with van der Waals surface area (Å²) in [5.74, 6) is 1.60. The molecule has 1 aromatic carbocycles. The van der Waals surface area contributed by atoms with Gasteiger partial charge in [-0.1, -0.05) is 0 Å². The van der Waals surface area contributed by atoms with E-state index in [4.69, 9.17) is 9.83 Å². The molecule has 1 aromatic heterocycles. The second-order valence-corrected chi connectivity index (χ2v) is 7.07. The Kier molecular flexibility index (Phi) is 3.78. The molecule has 5 heterocycles. The first-order valence-corrected chi connectivity index (χ1v) is 8.38. The van der Waals surface area contributed by atoms with Gasteiger partial charge in [-0.05, 0) is 50.0 Å². The summed E-state index contributed by atoms with van der Waals surface area (Å²) in [4.78, 5) is 13.4. The quantitative estimate of drug-likeness (QED) is 0.860. The van der Waals surface area contributed by atoms with E-state index < -0.39 is 0 Å². The highest BCUT2D eigenvalue weighted by Gasteiger charge is 2.52. The second kappa shape index (κ2) is 5.72. The smallest absolute Gasteiger partial charge is 0.129 e. The molecule has 4 saturated heterocycles. The van der Waals surface area contributed by atoms with Gasteiger partial charge >= 0.3 is 0 Å². The molecular formula is C17H22ClN5O. The van der Waals surface area contributed by atoms with Gasteiger partial charge in [-0.3, -0.25) is 15.0 Å². The van der Waals surface area contributed by atoms with Gasteiger partial charge < -0.3 is 4.90 Å². The fourth-order valence-corrected chi connectivity index (χ4v) is 4.38. The zero-order valence-electron chi connectivity index (χ0n) is 13.7. The number of nitrogens with zero attached hydrogens (tertiary/aromatic N) is 4. The summed E-state index contributed by atoms with van der Waals surface area (Å²) in [7, 11) is 1.96. The van der Waals surface area contributed by atoms with Crippen molar-refractivity contribution >= 4 is 34.8 Å². The first-order chi connectivity index (χ1) is 11.2. The molecule has 24 heavy (non-hydrogen) atoms. The molecule has 4 aliphatic heterocycles. The molecule has 4 aliphatic rings. The van der Waals surface area contributed by atoms with E-state index in [-0.39, 0.29) is 18.0 Å². The molecule has 0 aliphatic carbocycles. The highest BCUT2D eigenvalue weighted by Crippen LogP contribution is 2.42. The Hall–Kier alpha value is -1.63. The number of aryl methyl sites for hydroxylation is 1. The monoisotopic (exact) mass is 347 g/mol. The van der Waals surface area contributed by atoms with Crippen LogP contribution in [0.25, 0.3) is 10.9 Å². The van der Waals surface area contributed by atoms with E-state index >= 15 is 0 Å². The third kappa shape index (κ3) is 2.41. The number of aliphatic imine (C=N–C) groups is 1. The lowest BCUT2D eigenvalue weighted by Gasteiger charge is -2.49. The third-order valence-corrected chi connectivity index (χ3v) is 5.66. The lowest BCUT2D eigenvalue weighted by atomic mass is 9.74. The maximum Gasteiger partial charge on any atom is 0.129 e. The summed E-state index contributed by atoms with van der Waals surface area (Å²) in [5.41, 5.74) is 5.09. The second-order valence-electron chi connectivity index (χ2n) is 7.07. The molecule has 0 radical (unpaired) electrons. The lowest BCUT2D eigenvalue weighted by molar-refractivity contribution is -0.150. The van der Waals surface area contributed by atoms with E-state index in [1.807, 2.05) is 24.0 Å². The van der Waals surface area contributed by atoms with Gasteiger partial charge in [0.25, 0.3) is 0 Å². The number of piperidine rings is 3. The molecule has 2 bridgehead atoms. The van der Waals surface area contributed by atoms with Crippen molar-refractivity contribution in [3.63, 3.8) is 0 Å². The van der Waals surface area contributed by atoms with Crippen LogP contribution in [0.2, 0.25) is 0 Å². The van der Waals surface area contributed by atoms with Crippen molar-refractivity contribution in [3.05, 3.63) is 24.4 Å². The zero-order chi connectivity index (χ0) is 15.4. The molecule has 1 N–H and O–H groups in total. The average Bonchev–Trinajstić information content (AvgIpc) is 3.13. The molecule has 128 valence electrons. The SMILES string of the molecule is Cl.Cn1ncc2ccc(N=C3C[C@@]4(CN5CCC4CC5)ON3)cc21. The van der Waals surface area contributed by atoms with E-state index in [1.54, 1.807) is 0 Å². The summed E-state index contributed by atoms with van der Waals surface area (Å²) in [6.45, 7) is 3.48. The van der Waals surface area contributed by atoms with E-state index in [9.17, 15) is 0 Å². The van der Waals surface area contributed by atoms with E-state index in [0.717, 1.165) is 35.4 Å². The molecule has 0 amide bonds. The number of hydrogen-bond donors (Lipinski definition) is 1. The van der Waals surface area contributed by atoms with Crippen molar-refractivity contribution in [1.82, 2.24) is 20.2 Å². The van der Waals surface area contributed by atoms with Crippen LogP contribution in [-0.4, -0.2) is 45.8 Å². The fraction of sp³-hybridized carbons (Fsp3) is 0.529. The van der Waals surface area contributed by atoms with Gasteiger partial charge in [0.2, 0.25) is 0 Å². The van der Waals surface area contributed by atoms with Gasteiger partial charge in [-0.2, -0.15) is 5.10 Å². The number of fused-ring (bicyclic) bond motifs is 3. The van der Waals surface area contributed by atoms with Crippen molar-refractivity contribution in [1.29, 1.82) is 0 Å². The molecule has 1 atom stereocenters. The molecule has 4 fully saturated rings. The molecule has 0 saturated carbocycles. The van der Waals surface area contributed by atoms with Crippen LogP contribution in [0.5, 0.6) is 0 Å². The van der Waals surface area contributed by atoms with Crippen LogP contribution < -0.4 is 5.48 Å². The molecular weight excluding hydrogens is 326 g/mol. The van der Waals surface area contributed by atoms with Crippen LogP contribution in [-0.2, 0) is 11.9 Å². The predicted octanol–water partition coefficient (Wildman–Crippen LogP) is 2.41. The summed E-state index contributed by atoms with van der Waals surface area (Å²) >= 11 is 0. The van der Waals surface area contributed by atoms with Gasteiger partial charge in [0.05, 0.1) is 17.4 Å². The predicted molar refractivity (Wildman–Crippen MR) is 95.8 cm³/mol. The van der Waals surface area contributed by atoms with Gasteiger partial charge in [0.15, 0.2) is 0 Å². The maximum atomic E-state index is 6.06. The minimum Gasteiger partial charge on any atom is -0.300 e. The first kappa shape index (κ1) is 15.9. The normalized spacial score (nSPS) is 33.1. The van der Waals surface area contributed by atoms with E-state index in [1.165, 1.54) is 25.9 Å². The van der Waals surface area contributed by atoms with Crippen molar-refractivity contribution in [2.45, 2.75) is 24.9 Å². The highest BCUT2D eigenvalue weighted by molar-refractivity contribution is 5.88. The summed E-state index contributed by atoms with van der Waals surface area (Å²) < 4.78 is 1.88. The Morgan fingerprint density at radius 2 is 2.17 bits per heavy atom. The Bertz CT molecular complexity index is 795. The van der Waals surface area contributed by atoms with E-state index in [2.05, 4.69) is 27.6 Å². The van der Waals surface area contributed by atoms with Crippen LogP contribution in [0.15, 0.2) is 29.4 Å². The van der Waals surface area contributed by atoms with Crippen LogP contribution in [0.4, 0.5) is 5.69 Å². The zero-order valence-corrected chi connectivity index (χ0v) is 14.6. The van der Waals surface area contributed by atoms with E-state index in [0.29, 0.717) is 5.92 Å². The van der Waals surface area contributed by atoms with Gasteiger partial charge in [0.1, 0.15) is 11.4 Å². The Labute approximate surface area is 147 Å². The van der Waals surface area contributed by atoms with Gasteiger partial charge in [-0.25, -0.2) is 4.99 Å². The highest BCUT2D eigenvalue weighted by atomic mass is 35.5. The largest absolute Gasteiger partial charge is 0.300 e. The molecule has 0 unspecified atom stereocenters. The number of hydroxylamine groups is 1. The summed E-state index contributed by atoms with van der Waals surface area (Å²) in [6, 6.07) is 6.19. The van der Waals surface area contributed by atoms with Gasteiger partial charge in [0, 0.05) is 25.4 Å². The van der Waals surface area contributed by atoms with Crippen LogP contribution in [0.1, 0.15) is 19.3 Å². The number of aromatic nitrogens is 2. The Morgan fingerprint density at radius 1 is 1.33 bits per heavy atom. The van der Waals surface area contributed by atoms with Crippen molar-refractivity contribution in [2.75, 3.05) is 19.6 Å². The molecule has 1 spiro atoms. The molecule has 6 rings (SSSR count). The lowest BCUT2D eigenvalue weighted by Crippen LogP contribution is -2.59. The first-order valence-electron chi connectivity index (χ1n) is 8.38. The number of hydrogen-bond acceptors (Lipinski definition) is 4. The topological polar surface area (TPSA) is 54.7 Å². The van der Waals surface area contributed by atoms with Crippen LogP contribution in [0.3, 0.4) is 0 Å². The van der Waals surface area contributed by atoms with Crippen molar-refractivity contribution in [2.24, 2.45) is 18.0 Å². The van der Waals surface area contributed by atoms with Crippen molar-refractivity contribution in [3.8, 4) is 0 Å². The number of nitrogens with one attached hydrogen (secondary N) is 1. The Morgan fingerprint density at radius 3 is 2.92 bits per heavy atom. The fourth-order valence-electron chi connectivity index (χ4n) is 4.38.